The number of thiazole rings is 1. The number of hydrogen-bond acceptors (Lipinski definition) is 6. The van der Waals surface area contributed by atoms with Crippen LogP contribution in [0.25, 0.3) is 11.8 Å². The van der Waals surface area contributed by atoms with Gasteiger partial charge in [0.25, 0.3) is 5.56 Å². The van der Waals surface area contributed by atoms with Crippen LogP contribution in [0.15, 0.2) is 94.2 Å². The molecule has 5 rings (SSSR count). The van der Waals surface area contributed by atoms with Gasteiger partial charge in [0.2, 0.25) is 0 Å². The molecule has 8 heteroatoms. The van der Waals surface area contributed by atoms with E-state index >= 15 is 0 Å². The third-order valence-electron chi connectivity index (χ3n) is 6.08. The zero-order chi connectivity index (χ0) is 27.4. The lowest BCUT2D eigenvalue weighted by Gasteiger charge is -2.25. The summed E-state index contributed by atoms with van der Waals surface area (Å²) in [5, 5.41) is 0. The summed E-state index contributed by atoms with van der Waals surface area (Å²) in [6.07, 6.45) is 7.07. The summed E-state index contributed by atoms with van der Waals surface area (Å²) >= 11 is 1.19. The number of fused-ring (bicyclic) bond motifs is 1. The molecule has 0 N–H and O–H groups in total. The lowest BCUT2D eigenvalue weighted by atomic mass is 9.93. The van der Waals surface area contributed by atoms with Crippen LogP contribution >= 0.6 is 11.3 Å². The second-order valence-electron chi connectivity index (χ2n) is 8.51. The topological polar surface area (TPSA) is 69.9 Å². The Bertz CT molecular complexity index is 1780. The van der Waals surface area contributed by atoms with Crippen molar-refractivity contribution in [1.29, 1.82) is 0 Å². The molecular formula is C31H23FN2O4S. The Morgan fingerprint density at radius 1 is 1.10 bits per heavy atom. The van der Waals surface area contributed by atoms with Gasteiger partial charge in [0, 0.05) is 11.1 Å². The maximum absolute atomic E-state index is 13.9. The largest absolute Gasteiger partial charge is 0.480 e. The molecule has 1 aliphatic rings. The fraction of sp³-hybridized carbons (Fsp3) is 0.129. The van der Waals surface area contributed by atoms with Crippen LogP contribution in [0.2, 0.25) is 0 Å². The number of benzene rings is 3. The average Bonchev–Trinajstić information content (AvgIpc) is 3.27. The number of rotatable bonds is 7. The van der Waals surface area contributed by atoms with E-state index in [0.717, 1.165) is 0 Å². The Morgan fingerprint density at radius 3 is 2.54 bits per heavy atom. The van der Waals surface area contributed by atoms with E-state index in [1.54, 1.807) is 31.2 Å². The van der Waals surface area contributed by atoms with Crippen LogP contribution in [-0.4, -0.2) is 23.8 Å². The van der Waals surface area contributed by atoms with Crippen LogP contribution in [0.5, 0.6) is 5.75 Å². The molecule has 1 aromatic heterocycles. The van der Waals surface area contributed by atoms with Crippen LogP contribution < -0.4 is 19.6 Å². The normalized spacial score (nSPS) is 14.8. The van der Waals surface area contributed by atoms with Gasteiger partial charge >= 0.3 is 5.97 Å². The van der Waals surface area contributed by atoms with Crippen LogP contribution in [0.1, 0.15) is 29.7 Å². The van der Waals surface area contributed by atoms with Crippen molar-refractivity contribution in [3.05, 3.63) is 127 Å². The quantitative estimate of drug-likeness (QED) is 0.263. The molecule has 4 aromatic rings. The first kappa shape index (κ1) is 25.9. The number of hydrogen-bond donors (Lipinski definition) is 0. The number of para-hydroxylation sites is 1. The van der Waals surface area contributed by atoms with E-state index in [4.69, 9.17) is 20.9 Å². The highest BCUT2D eigenvalue weighted by Crippen LogP contribution is 2.35. The van der Waals surface area contributed by atoms with Crippen molar-refractivity contribution in [2.24, 2.45) is 4.99 Å². The first-order valence-corrected chi connectivity index (χ1v) is 13.0. The van der Waals surface area contributed by atoms with Gasteiger partial charge in [-0.25, -0.2) is 14.2 Å². The number of carbonyl (C=O) groups excluding carboxylic acids is 1. The summed E-state index contributed by atoms with van der Waals surface area (Å²) < 4.78 is 26.8. The molecule has 0 saturated heterocycles. The van der Waals surface area contributed by atoms with E-state index in [-0.39, 0.29) is 24.3 Å². The molecule has 0 amide bonds. The molecule has 39 heavy (non-hydrogen) atoms. The predicted octanol–water partition coefficient (Wildman–Crippen LogP) is 4.09. The SMILES string of the molecule is C#CCOc1ccccc1C=c1sc2n(c1=O)[C@@H](c1ccc(F)cc1)C(C(=O)OCC)=C(c1ccccc1)N=2. The number of esters is 1. The summed E-state index contributed by atoms with van der Waals surface area (Å²) in [6.45, 7) is 1.93. The minimum atomic E-state index is -0.883. The maximum atomic E-state index is 13.9. The van der Waals surface area contributed by atoms with Crippen molar-refractivity contribution in [1.82, 2.24) is 4.57 Å². The third kappa shape index (κ3) is 5.17. The number of aromatic nitrogens is 1. The van der Waals surface area contributed by atoms with Gasteiger partial charge in [0.15, 0.2) is 4.80 Å². The van der Waals surface area contributed by atoms with Gasteiger partial charge in [-0.15, -0.1) is 6.42 Å². The molecule has 0 radical (unpaired) electrons. The summed E-state index contributed by atoms with van der Waals surface area (Å²) in [4.78, 5) is 32.5. The van der Waals surface area contributed by atoms with Gasteiger partial charge in [-0.3, -0.25) is 9.36 Å². The van der Waals surface area contributed by atoms with Crippen LogP contribution in [-0.2, 0) is 9.53 Å². The highest BCUT2D eigenvalue weighted by molar-refractivity contribution is 7.07. The molecule has 1 aliphatic heterocycles. The van der Waals surface area contributed by atoms with Crippen molar-refractivity contribution < 1.29 is 18.7 Å². The summed E-state index contributed by atoms with van der Waals surface area (Å²) in [7, 11) is 0. The first-order chi connectivity index (χ1) is 19.0. The van der Waals surface area contributed by atoms with Gasteiger partial charge in [-0.1, -0.05) is 77.9 Å². The van der Waals surface area contributed by atoms with E-state index in [1.807, 2.05) is 48.5 Å². The predicted molar refractivity (Wildman–Crippen MR) is 148 cm³/mol. The second kappa shape index (κ2) is 11.3. The van der Waals surface area contributed by atoms with Crippen molar-refractivity contribution >= 4 is 29.1 Å². The lowest BCUT2D eigenvalue weighted by Crippen LogP contribution is -2.40. The number of terminal acetylenes is 1. The minimum absolute atomic E-state index is 0.0833. The van der Waals surface area contributed by atoms with E-state index in [9.17, 15) is 14.0 Å². The Morgan fingerprint density at radius 2 is 1.82 bits per heavy atom. The van der Waals surface area contributed by atoms with Crippen LogP contribution in [0.4, 0.5) is 4.39 Å². The molecule has 194 valence electrons. The highest BCUT2D eigenvalue weighted by Gasteiger charge is 2.35. The monoisotopic (exact) mass is 538 g/mol. The lowest BCUT2D eigenvalue weighted by molar-refractivity contribution is -0.138. The molecule has 2 heterocycles. The molecule has 0 saturated carbocycles. The van der Waals surface area contributed by atoms with Crippen molar-refractivity contribution in [3.8, 4) is 18.1 Å². The summed E-state index contributed by atoms with van der Waals surface area (Å²) in [6, 6.07) is 21.3. The molecule has 0 spiro atoms. The van der Waals surface area contributed by atoms with E-state index in [2.05, 4.69) is 5.92 Å². The number of carbonyl (C=O) groups is 1. The van der Waals surface area contributed by atoms with E-state index in [0.29, 0.717) is 37.5 Å². The fourth-order valence-electron chi connectivity index (χ4n) is 4.39. The van der Waals surface area contributed by atoms with E-state index in [1.165, 1.54) is 28.0 Å². The fourth-order valence-corrected chi connectivity index (χ4v) is 5.38. The van der Waals surface area contributed by atoms with Crippen LogP contribution in [0.3, 0.4) is 0 Å². The molecular weight excluding hydrogens is 515 g/mol. The summed E-state index contributed by atoms with van der Waals surface area (Å²) in [5.74, 6) is 1.95. The second-order valence-corrected chi connectivity index (χ2v) is 9.52. The minimum Gasteiger partial charge on any atom is -0.480 e. The molecule has 0 fully saturated rings. The molecule has 0 bridgehead atoms. The standard InChI is InChI=1S/C31H23FN2O4S/c1-3-18-38-24-13-9-8-12-22(24)19-25-29(35)34-28(21-14-16-23(32)17-15-21)26(30(36)37-4-2)27(33-31(34)39-25)20-10-6-5-7-11-20/h1,5-17,19,28H,4,18H2,2H3/t28-/m0/s1. The molecule has 1 atom stereocenters. The van der Waals surface area contributed by atoms with Crippen molar-refractivity contribution in [2.45, 2.75) is 13.0 Å². The zero-order valence-electron chi connectivity index (χ0n) is 21.0. The van der Waals surface area contributed by atoms with Gasteiger partial charge in [0.1, 0.15) is 18.2 Å². The summed E-state index contributed by atoms with van der Waals surface area (Å²) in [5.41, 5.74) is 2.16. The van der Waals surface area contributed by atoms with Gasteiger partial charge < -0.3 is 9.47 Å². The Kier molecular flexibility index (Phi) is 7.53. The molecule has 3 aromatic carbocycles. The molecule has 0 aliphatic carbocycles. The molecule has 6 nitrogen and oxygen atoms in total. The first-order valence-electron chi connectivity index (χ1n) is 12.2. The number of halogens is 1. The van der Waals surface area contributed by atoms with Crippen LogP contribution in [0, 0.1) is 18.2 Å². The average molecular weight is 539 g/mol. The van der Waals surface area contributed by atoms with Crippen molar-refractivity contribution in [3.63, 3.8) is 0 Å². The Balaban J connectivity index is 1.80. The van der Waals surface area contributed by atoms with E-state index < -0.39 is 17.8 Å². The van der Waals surface area contributed by atoms with Gasteiger partial charge in [-0.05, 0) is 36.8 Å². The third-order valence-corrected chi connectivity index (χ3v) is 7.06. The number of nitrogens with zero attached hydrogens (tertiary/aromatic N) is 2. The smallest absolute Gasteiger partial charge is 0.338 e. The zero-order valence-corrected chi connectivity index (χ0v) is 21.8. The number of ether oxygens (including phenoxy) is 2. The van der Waals surface area contributed by atoms with Crippen molar-refractivity contribution in [2.75, 3.05) is 13.2 Å². The van der Waals surface area contributed by atoms with Gasteiger partial charge in [0.05, 0.1) is 28.5 Å². The maximum Gasteiger partial charge on any atom is 0.338 e. The van der Waals surface area contributed by atoms with Gasteiger partial charge in [-0.2, -0.15) is 0 Å². The highest BCUT2D eigenvalue weighted by atomic mass is 32.1. The molecule has 0 unspecified atom stereocenters. The Hall–Kier alpha value is -4.74. The Labute approximate surface area is 228 Å².